The van der Waals surface area contributed by atoms with Crippen LogP contribution in [0.1, 0.15) is 22.7 Å². The lowest BCUT2D eigenvalue weighted by molar-refractivity contribution is 0.352. The number of ether oxygens (including phenoxy) is 3. The van der Waals surface area contributed by atoms with Crippen LogP contribution in [0.4, 0.5) is 0 Å². The molecule has 0 fully saturated rings. The zero-order valence-electron chi connectivity index (χ0n) is 14.2. The molecule has 0 spiro atoms. The minimum absolute atomic E-state index is 0.258. The first-order chi connectivity index (χ1) is 11.7. The molecule has 0 aliphatic carbocycles. The SMILES string of the molecule is COc1ccc(C[C@@H]2NCCc3cc(OC)c(OC)cc32)cc1Br. The number of benzene rings is 2. The van der Waals surface area contributed by atoms with E-state index in [0.29, 0.717) is 0 Å². The molecule has 0 bridgehead atoms. The van der Waals surface area contributed by atoms with Crippen molar-refractivity contribution in [1.82, 2.24) is 5.32 Å². The molecule has 1 heterocycles. The zero-order chi connectivity index (χ0) is 17.1. The predicted molar refractivity (Wildman–Crippen MR) is 98.4 cm³/mol. The number of nitrogens with one attached hydrogen (secondary N) is 1. The summed E-state index contributed by atoms with van der Waals surface area (Å²) in [6.07, 6.45) is 1.91. The second-order valence-corrected chi connectivity index (χ2v) is 6.69. The average molecular weight is 392 g/mol. The van der Waals surface area contributed by atoms with Gasteiger partial charge in [-0.2, -0.15) is 0 Å². The second-order valence-electron chi connectivity index (χ2n) is 5.84. The molecule has 0 radical (unpaired) electrons. The van der Waals surface area contributed by atoms with Gasteiger partial charge >= 0.3 is 0 Å². The summed E-state index contributed by atoms with van der Waals surface area (Å²) in [4.78, 5) is 0. The van der Waals surface area contributed by atoms with E-state index < -0.39 is 0 Å². The Balaban J connectivity index is 1.90. The lowest BCUT2D eigenvalue weighted by Crippen LogP contribution is -2.31. The third kappa shape index (κ3) is 3.37. The summed E-state index contributed by atoms with van der Waals surface area (Å²) in [5, 5.41) is 3.62. The highest BCUT2D eigenvalue weighted by atomic mass is 79.9. The van der Waals surface area contributed by atoms with Gasteiger partial charge < -0.3 is 19.5 Å². The van der Waals surface area contributed by atoms with E-state index in [4.69, 9.17) is 14.2 Å². The third-order valence-corrected chi connectivity index (χ3v) is 5.08. The summed E-state index contributed by atoms with van der Waals surface area (Å²) < 4.78 is 17.2. The van der Waals surface area contributed by atoms with Crippen molar-refractivity contribution in [3.63, 3.8) is 0 Å². The van der Waals surface area contributed by atoms with Crippen LogP contribution in [0.3, 0.4) is 0 Å². The summed E-state index contributed by atoms with van der Waals surface area (Å²) in [6, 6.07) is 10.7. The molecule has 1 atom stereocenters. The van der Waals surface area contributed by atoms with Gasteiger partial charge in [0.2, 0.25) is 0 Å². The van der Waals surface area contributed by atoms with E-state index in [2.05, 4.69) is 45.5 Å². The summed E-state index contributed by atoms with van der Waals surface area (Å²) >= 11 is 3.56. The highest BCUT2D eigenvalue weighted by Gasteiger charge is 2.23. The van der Waals surface area contributed by atoms with Gasteiger partial charge in [0.1, 0.15) is 5.75 Å². The molecular formula is C19H22BrNO3. The van der Waals surface area contributed by atoms with E-state index in [1.54, 1.807) is 21.3 Å². The lowest BCUT2D eigenvalue weighted by atomic mass is 9.90. The van der Waals surface area contributed by atoms with Crippen molar-refractivity contribution in [2.24, 2.45) is 0 Å². The quantitative estimate of drug-likeness (QED) is 0.838. The molecule has 0 saturated heterocycles. The van der Waals surface area contributed by atoms with Crippen molar-refractivity contribution in [3.8, 4) is 17.2 Å². The zero-order valence-corrected chi connectivity index (χ0v) is 15.8. The van der Waals surface area contributed by atoms with Crippen LogP contribution >= 0.6 is 15.9 Å². The Morgan fingerprint density at radius 2 is 1.71 bits per heavy atom. The van der Waals surface area contributed by atoms with Gasteiger partial charge in [0.05, 0.1) is 25.8 Å². The molecule has 0 amide bonds. The van der Waals surface area contributed by atoms with Crippen LogP contribution in [-0.2, 0) is 12.8 Å². The van der Waals surface area contributed by atoms with Gasteiger partial charge in [-0.3, -0.25) is 0 Å². The molecule has 4 nitrogen and oxygen atoms in total. The van der Waals surface area contributed by atoms with Crippen LogP contribution in [0.15, 0.2) is 34.8 Å². The highest BCUT2D eigenvalue weighted by Crippen LogP contribution is 2.36. The maximum absolute atomic E-state index is 5.47. The van der Waals surface area contributed by atoms with Crippen LogP contribution in [0.2, 0.25) is 0 Å². The molecule has 0 unspecified atom stereocenters. The monoisotopic (exact) mass is 391 g/mol. The van der Waals surface area contributed by atoms with E-state index in [1.807, 2.05) is 6.07 Å². The van der Waals surface area contributed by atoms with Crippen molar-refractivity contribution in [1.29, 1.82) is 0 Å². The Hall–Kier alpha value is -1.72. The molecule has 128 valence electrons. The molecule has 1 N–H and O–H groups in total. The Morgan fingerprint density at radius 1 is 1.00 bits per heavy atom. The van der Waals surface area contributed by atoms with Gasteiger partial charge in [-0.1, -0.05) is 6.07 Å². The lowest BCUT2D eigenvalue weighted by Gasteiger charge is -2.28. The van der Waals surface area contributed by atoms with Crippen LogP contribution in [0.5, 0.6) is 17.2 Å². The molecule has 5 heteroatoms. The number of rotatable bonds is 5. The molecule has 1 aliphatic rings. The average Bonchev–Trinajstić information content (AvgIpc) is 2.61. The summed E-state index contributed by atoms with van der Waals surface area (Å²) in [7, 11) is 5.03. The smallest absolute Gasteiger partial charge is 0.161 e. The number of halogens is 1. The number of fused-ring (bicyclic) bond motifs is 1. The van der Waals surface area contributed by atoms with Gasteiger partial charge in [0.25, 0.3) is 0 Å². The molecule has 2 aromatic carbocycles. The van der Waals surface area contributed by atoms with Crippen molar-refractivity contribution in [2.75, 3.05) is 27.9 Å². The maximum atomic E-state index is 5.47. The fraction of sp³-hybridized carbons (Fsp3) is 0.368. The first-order valence-corrected chi connectivity index (χ1v) is 8.76. The summed E-state index contributed by atoms with van der Waals surface area (Å²) in [6.45, 7) is 0.963. The summed E-state index contributed by atoms with van der Waals surface area (Å²) in [5.74, 6) is 2.42. The van der Waals surface area contributed by atoms with E-state index in [9.17, 15) is 0 Å². The summed E-state index contributed by atoms with van der Waals surface area (Å²) in [5.41, 5.74) is 3.86. The molecule has 1 aliphatic heterocycles. The van der Waals surface area contributed by atoms with Crippen molar-refractivity contribution >= 4 is 15.9 Å². The predicted octanol–water partition coefficient (Wildman–Crippen LogP) is 3.90. The minimum Gasteiger partial charge on any atom is -0.496 e. The van der Waals surface area contributed by atoms with E-state index >= 15 is 0 Å². The Kier molecular flexibility index (Phi) is 5.31. The number of methoxy groups -OCH3 is 3. The van der Waals surface area contributed by atoms with Gasteiger partial charge in [0.15, 0.2) is 11.5 Å². The van der Waals surface area contributed by atoms with Gasteiger partial charge in [0, 0.05) is 6.04 Å². The van der Waals surface area contributed by atoms with Gasteiger partial charge in [-0.15, -0.1) is 0 Å². The van der Waals surface area contributed by atoms with Crippen molar-refractivity contribution in [3.05, 3.63) is 51.5 Å². The normalized spacial score (nSPS) is 16.4. The molecule has 2 aromatic rings. The Bertz CT molecular complexity index is 733. The van der Waals surface area contributed by atoms with Crippen LogP contribution in [0, 0.1) is 0 Å². The molecular weight excluding hydrogens is 370 g/mol. The fourth-order valence-electron chi connectivity index (χ4n) is 3.22. The largest absolute Gasteiger partial charge is 0.496 e. The topological polar surface area (TPSA) is 39.7 Å². The first-order valence-electron chi connectivity index (χ1n) is 7.97. The third-order valence-electron chi connectivity index (χ3n) is 4.46. The molecule has 24 heavy (non-hydrogen) atoms. The fourth-order valence-corrected chi connectivity index (χ4v) is 3.81. The second kappa shape index (κ2) is 7.45. The Morgan fingerprint density at radius 3 is 2.38 bits per heavy atom. The Labute approximate surface area is 151 Å². The van der Waals surface area contributed by atoms with Gasteiger partial charge in [-0.05, 0) is 76.3 Å². The van der Waals surface area contributed by atoms with E-state index in [0.717, 1.165) is 41.1 Å². The van der Waals surface area contributed by atoms with Crippen LogP contribution < -0.4 is 19.5 Å². The number of hydrogen-bond acceptors (Lipinski definition) is 4. The minimum atomic E-state index is 0.258. The molecule has 3 rings (SSSR count). The van der Waals surface area contributed by atoms with Crippen molar-refractivity contribution < 1.29 is 14.2 Å². The van der Waals surface area contributed by atoms with E-state index in [1.165, 1.54) is 16.7 Å². The first kappa shape index (κ1) is 17.1. The van der Waals surface area contributed by atoms with Crippen LogP contribution in [-0.4, -0.2) is 27.9 Å². The van der Waals surface area contributed by atoms with E-state index in [-0.39, 0.29) is 6.04 Å². The molecule has 0 saturated carbocycles. The van der Waals surface area contributed by atoms with Crippen LogP contribution in [0.25, 0.3) is 0 Å². The standard InChI is InChI=1S/C19H22BrNO3/c1-22-17-5-4-12(8-15(17)20)9-16-14-11-19(24-3)18(23-2)10-13(14)6-7-21-16/h4-5,8,10-11,16,21H,6-7,9H2,1-3H3/t16-/m0/s1. The van der Waals surface area contributed by atoms with Crippen molar-refractivity contribution in [2.45, 2.75) is 18.9 Å². The van der Waals surface area contributed by atoms with Gasteiger partial charge in [-0.25, -0.2) is 0 Å². The maximum Gasteiger partial charge on any atom is 0.161 e. The highest BCUT2D eigenvalue weighted by molar-refractivity contribution is 9.10. The number of hydrogen-bond donors (Lipinski definition) is 1. The molecule has 0 aromatic heterocycles.